The van der Waals surface area contributed by atoms with Gasteiger partial charge in [0, 0.05) is 27.8 Å². The summed E-state index contributed by atoms with van der Waals surface area (Å²) in [5.74, 6) is -1.91. The van der Waals surface area contributed by atoms with Crippen LogP contribution in [-0.2, 0) is 4.79 Å². The Morgan fingerprint density at radius 1 is 1.03 bits per heavy atom. The number of benzene rings is 3. The summed E-state index contributed by atoms with van der Waals surface area (Å²) in [5.41, 5.74) is 3.56. The largest absolute Gasteiger partial charge is 0.480 e. The number of halogens is 2. The van der Waals surface area contributed by atoms with Crippen LogP contribution in [-0.4, -0.2) is 27.8 Å². The van der Waals surface area contributed by atoms with Crippen LogP contribution in [0.5, 0.6) is 0 Å². The number of nitrogens with zero attached hydrogens (tertiary/aromatic N) is 1. The molecule has 1 unspecified atom stereocenters. The zero-order valence-corrected chi connectivity index (χ0v) is 18.0. The van der Waals surface area contributed by atoms with Gasteiger partial charge in [-0.05, 0) is 43.7 Å². The number of pyridine rings is 1. The van der Waals surface area contributed by atoms with Gasteiger partial charge in [0.15, 0.2) is 0 Å². The molecule has 166 valence electrons. The highest BCUT2D eigenvalue weighted by Gasteiger charge is 2.22. The summed E-state index contributed by atoms with van der Waals surface area (Å²) < 4.78 is 28.2. The summed E-state index contributed by atoms with van der Waals surface area (Å²) in [7, 11) is 0. The molecule has 7 heteroatoms. The van der Waals surface area contributed by atoms with Crippen LogP contribution in [0.15, 0.2) is 66.7 Å². The zero-order chi connectivity index (χ0) is 23.7. The van der Waals surface area contributed by atoms with Crippen LogP contribution in [0.1, 0.15) is 19.4 Å². The lowest BCUT2D eigenvalue weighted by Crippen LogP contribution is -2.26. The molecule has 0 bridgehead atoms. The van der Waals surface area contributed by atoms with Crippen LogP contribution in [0.3, 0.4) is 0 Å². The van der Waals surface area contributed by atoms with E-state index in [-0.39, 0.29) is 11.5 Å². The van der Waals surface area contributed by atoms with Crippen molar-refractivity contribution in [3.05, 3.63) is 83.9 Å². The number of rotatable bonds is 6. The highest BCUT2D eigenvalue weighted by atomic mass is 19.1. The first-order valence-electron chi connectivity index (χ1n) is 10.3. The van der Waals surface area contributed by atoms with E-state index < -0.39 is 17.8 Å². The van der Waals surface area contributed by atoms with E-state index in [1.807, 2.05) is 0 Å². The Labute approximate surface area is 189 Å². The summed E-state index contributed by atoms with van der Waals surface area (Å²) in [6, 6.07) is 16.6. The first-order valence-corrected chi connectivity index (χ1v) is 10.3. The maximum Gasteiger partial charge on any atom is 0.325 e. The van der Waals surface area contributed by atoms with Crippen molar-refractivity contribution in [1.29, 1.82) is 5.41 Å². The molecule has 1 heterocycles. The Bertz CT molecular complexity index is 1380. The monoisotopic (exact) mass is 445 g/mol. The second kappa shape index (κ2) is 8.78. The minimum absolute atomic E-state index is 0.141. The molecule has 4 aromatic rings. The second-order valence-corrected chi connectivity index (χ2v) is 7.76. The van der Waals surface area contributed by atoms with E-state index in [0.29, 0.717) is 44.5 Å². The minimum atomic E-state index is -1.08. The fourth-order valence-electron chi connectivity index (χ4n) is 3.74. The Morgan fingerprint density at radius 3 is 2.33 bits per heavy atom. The van der Waals surface area contributed by atoms with Crippen molar-refractivity contribution in [2.45, 2.75) is 19.9 Å². The maximum absolute atomic E-state index is 14.2. The van der Waals surface area contributed by atoms with E-state index in [4.69, 9.17) is 5.41 Å². The number of carboxylic acid groups (broad SMARTS) is 1. The Hall–Kier alpha value is -4.13. The second-order valence-electron chi connectivity index (χ2n) is 7.76. The topological polar surface area (TPSA) is 86.1 Å². The smallest absolute Gasteiger partial charge is 0.325 e. The van der Waals surface area contributed by atoms with Gasteiger partial charge in [0.05, 0.1) is 16.9 Å². The van der Waals surface area contributed by atoms with Crippen molar-refractivity contribution >= 4 is 28.3 Å². The highest BCUT2D eigenvalue weighted by molar-refractivity contribution is 6.13. The number of aromatic nitrogens is 1. The fourth-order valence-corrected chi connectivity index (χ4v) is 3.74. The van der Waals surface area contributed by atoms with Gasteiger partial charge in [-0.25, -0.2) is 13.8 Å². The van der Waals surface area contributed by atoms with Crippen LogP contribution in [0.25, 0.3) is 33.3 Å². The molecule has 0 aliphatic heterocycles. The molecular weight excluding hydrogens is 424 g/mol. The van der Waals surface area contributed by atoms with Gasteiger partial charge in [0.1, 0.15) is 17.7 Å². The molecule has 0 saturated carbocycles. The molecule has 0 fully saturated rings. The van der Waals surface area contributed by atoms with E-state index in [0.717, 1.165) is 0 Å². The first-order chi connectivity index (χ1) is 15.8. The number of carboxylic acids is 1. The summed E-state index contributed by atoms with van der Waals surface area (Å²) in [6.07, 6.45) is 0. The first kappa shape index (κ1) is 22.1. The van der Waals surface area contributed by atoms with Gasteiger partial charge in [-0.1, -0.05) is 42.5 Å². The lowest BCUT2D eigenvalue weighted by atomic mass is 9.95. The molecule has 33 heavy (non-hydrogen) atoms. The number of fused-ring (bicyclic) bond motifs is 1. The van der Waals surface area contributed by atoms with E-state index >= 15 is 0 Å². The number of hydrogen-bond acceptors (Lipinski definition) is 4. The predicted molar refractivity (Wildman–Crippen MR) is 126 cm³/mol. The number of hydrogen-bond donors (Lipinski definition) is 3. The number of nitrogens with one attached hydrogen (secondary N) is 2. The van der Waals surface area contributed by atoms with Crippen LogP contribution in [0.4, 0.5) is 14.5 Å². The summed E-state index contributed by atoms with van der Waals surface area (Å²) in [5, 5.41) is 21.1. The summed E-state index contributed by atoms with van der Waals surface area (Å²) in [6.45, 7) is 3.04. The molecule has 0 aliphatic rings. The Balaban J connectivity index is 1.93. The Morgan fingerprint density at radius 2 is 1.70 bits per heavy atom. The van der Waals surface area contributed by atoms with Crippen molar-refractivity contribution in [3.8, 4) is 22.4 Å². The number of aliphatic carboxylic acids is 1. The number of anilines is 1. The van der Waals surface area contributed by atoms with Gasteiger partial charge in [0.2, 0.25) is 0 Å². The fraction of sp³-hybridized carbons (Fsp3) is 0.115. The standard InChI is InChI=1S/C26H21F2N3O2/c1-14(29)23-24(17-9-7-16(8-10-17)19-5-3-4-6-21(19)28)31-22-12-11-18(27)13-20(22)25(23)30-15(2)26(32)33/h3-13,15,29H,1-2H3,(H,30,31)(H,32,33). The van der Waals surface area contributed by atoms with E-state index in [1.54, 1.807) is 49.4 Å². The molecule has 3 aromatic carbocycles. The predicted octanol–water partition coefficient (Wildman–Crippen LogP) is 6.12. The number of carbonyl (C=O) groups is 1. The third-order valence-corrected chi connectivity index (χ3v) is 5.40. The summed E-state index contributed by atoms with van der Waals surface area (Å²) in [4.78, 5) is 16.2. The molecule has 1 aromatic heterocycles. The maximum atomic E-state index is 14.2. The van der Waals surface area contributed by atoms with Gasteiger partial charge in [-0.3, -0.25) is 4.79 Å². The van der Waals surface area contributed by atoms with Gasteiger partial charge >= 0.3 is 5.97 Å². The van der Waals surface area contributed by atoms with E-state index in [9.17, 15) is 18.7 Å². The summed E-state index contributed by atoms with van der Waals surface area (Å²) >= 11 is 0. The normalized spacial score (nSPS) is 11.9. The Kier molecular flexibility index (Phi) is 5.87. The molecular formula is C26H21F2N3O2. The van der Waals surface area contributed by atoms with E-state index in [1.165, 1.54) is 31.2 Å². The third-order valence-electron chi connectivity index (χ3n) is 5.40. The van der Waals surface area contributed by atoms with Crippen molar-refractivity contribution < 1.29 is 18.7 Å². The van der Waals surface area contributed by atoms with Crippen molar-refractivity contribution in [3.63, 3.8) is 0 Å². The van der Waals surface area contributed by atoms with Gasteiger partial charge in [-0.2, -0.15) is 0 Å². The third kappa shape index (κ3) is 4.30. The van der Waals surface area contributed by atoms with Crippen LogP contribution >= 0.6 is 0 Å². The quantitative estimate of drug-likeness (QED) is 0.312. The van der Waals surface area contributed by atoms with Gasteiger partial charge in [0.25, 0.3) is 0 Å². The molecule has 0 radical (unpaired) electrons. The van der Waals surface area contributed by atoms with Gasteiger partial charge < -0.3 is 15.8 Å². The molecule has 5 nitrogen and oxygen atoms in total. The lowest BCUT2D eigenvalue weighted by molar-refractivity contribution is -0.137. The molecule has 0 amide bonds. The molecule has 1 atom stereocenters. The SMILES string of the molecule is CC(=N)c1c(-c2ccc(-c3ccccc3F)cc2)nc2ccc(F)cc2c1NC(C)C(=O)O. The average molecular weight is 445 g/mol. The van der Waals surface area contributed by atoms with Crippen LogP contribution in [0, 0.1) is 17.0 Å². The molecule has 0 saturated heterocycles. The lowest BCUT2D eigenvalue weighted by Gasteiger charge is -2.20. The zero-order valence-electron chi connectivity index (χ0n) is 18.0. The molecule has 0 spiro atoms. The van der Waals surface area contributed by atoms with E-state index in [2.05, 4.69) is 10.3 Å². The van der Waals surface area contributed by atoms with Crippen molar-refractivity contribution in [2.24, 2.45) is 0 Å². The molecule has 4 rings (SSSR count). The molecule has 0 aliphatic carbocycles. The average Bonchev–Trinajstić information content (AvgIpc) is 2.79. The molecule has 3 N–H and O–H groups in total. The van der Waals surface area contributed by atoms with Crippen LogP contribution < -0.4 is 5.32 Å². The highest BCUT2D eigenvalue weighted by Crippen LogP contribution is 2.36. The minimum Gasteiger partial charge on any atom is -0.480 e. The van der Waals surface area contributed by atoms with Crippen LogP contribution in [0.2, 0.25) is 0 Å². The van der Waals surface area contributed by atoms with Gasteiger partial charge in [-0.15, -0.1) is 0 Å². The van der Waals surface area contributed by atoms with Crippen molar-refractivity contribution in [2.75, 3.05) is 5.32 Å². The van der Waals surface area contributed by atoms with Crippen molar-refractivity contribution in [1.82, 2.24) is 4.98 Å².